The topological polar surface area (TPSA) is 66.3 Å². The van der Waals surface area contributed by atoms with E-state index in [1.54, 1.807) is 10.9 Å². The van der Waals surface area contributed by atoms with Gasteiger partial charge in [0.1, 0.15) is 0 Å². The Morgan fingerprint density at radius 1 is 1.37 bits per heavy atom. The SMILES string of the molecule is CCN1CCN(C(=O)c2cn(C3CNC3)nn2)CC1. The third kappa shape index (κ3) is 2.48. The van der Waals surface area contributed by atoms with Crippen molar-refractivity contribution in [2.24, 2.45) is 0 Å². The van der Waals surface area contributed by atoms with Crippen LogP contribution in [0.1, 0.15) is 23.5 Å². The number of rotatable bonds is 3. The van der Waals surface area contributed by atoms with Crippen LogP contribution in [-0.2, 0) is 0 Å². The van der Waals surface area contributed by atoms with Crippen LogP contribution in [0.25, 0.3) is 0 Å². The predicted molar refractivity (Wildman–Crippen MR) is 69.9 cm³/mol. The van der Waals surface area contributed by atoms with E-state index >= 15 is 0 Å². The van der Waals surface area contributed by atoms with Crippen LogP contribution in [-0.4, -0.2) is 76.5 Å². The first-order valence-corrected chi connectivity index (χ1v) is 6.92. The van der Waals surface area contributed by atoms with Crippen molar-refractivity contribution in [3.63, 3.8) is 0 Å². The van der Waals surface area contributed by atoms with Gasteiger partial charge in [-0.05, 0) is 6.54 Å². The average molecular weight is 264 g/mol. The fourth-order valence-corrected chi connectivity index (χ4v) is 2.44. The summed E-state index contributed by atoms with van der Waals surface area (Å²) in [5.41, 5.74) is 0.469. The van der Waals surface area contributed by atoms with Crippen LogP contribution >= 0.6 is 0 Å². The summed E-state index contributed by atoms with van der Waals surface area (Å²) in [5, 5.41) is 11.3. The van der Waals surface area contributed by atoms with Crippen LogP contribution in [0.5, 0.6) is 0 Å². The molecule has 0 spiro atoms. The number of hydrogen-bond acceptors (Lipinski definition) is 5. The number of carbonyl (C=O) groups excluding carboxylic acids is 1. The number of nitrogens with zero attached hydrogens (tertiary/aromatic N) is 5. The van der Waals surface area contributed by atoms with Gasteiger partial charge in [-0.3, -0.25) is 4.79 Å². The molecule has 7 heteroatoms. The maximum atomic E-state index is 12.3. The van der Waals surface area contributed by atoms with Gasteiger partial charge in [0.15, 0.2) is 5.69 Å². The maximum Gasteiger partial charge on any atom is 0.276 e. The second-order valence-electron chi connectivity index (χ2n) is 5.12. The van der Waals surface area contributed by atoms with Crippen LogP contribution in [0, 0.1) is 0 Å². The smallest absolute Gasteiger partial charge is 0.276 e. The van der Waals surface area contributed by atoms with Gasteiger partial charge in [-0.25, -0.2) is 4.68 Å². The van der Waals surface area contributed by atoms with E-state index in [0.29, 0.717) is 11.7 Å². The standard InChI is InChI=1S/C12H20N6O/c1-2-16-3-5-17(6-4-16)12(19)11-9-18(15-14-11)10-7-13-8-10/h9-10,13H,2-8H2,1H3. The van der Waals surface area contributed by atoms with E-state index in [2.05, 4.69) is 27.5 Å². The highest BCUT2D eigenvalue weighted by atomic mass is 16.2. The third-order valence-corrected chi connectivity index (χ3v) is 3.97. The minimum atomic E-state index is 0.00860. The van der Waals surface area contributed by atoms with Gasteiger partial charge >= 0.3 is 0 Å². The zero-order valence-corrected chi connectivity index (χ0v) is 11.2. The van der Waals surface area contributed by atoms with Gasteiger partial charge in [-0.2, -0.15) is 0 Å². The summed E-state index contributed by atoms with van der Waals surface area (Å²) < 4.78 is 1.80. The largest absolute Gasteiger partial charge is 0.335 e. The number of amides is 1. The summed E-state index contributed by atoms with van der Waals surface area (Å²) in [6.45, 7) is 8.47. The van der Waals surface area contributed by atoms with Gasteiger partial charge in [0.25, 0.3) is 5.91 Å². The molecule has 0 saturated carbocycles. The summed E-state index contributed by atoms with van der Waals surface area (Å²) in [6.07, 6.45) is 1.78. The molecule has 2 saturated heterocycles. The fraction of sp³-hybridized carbons (Fsp3) is 0.750. The molecule has 2 aliphatic heterocycles. The molecule has 2 fully saturated rings. The van der Waals surface area contributed by atoms with Crippen LogP contribution in [0.2, 0.25) is 0 Å². The molecule has 2 aliphatic rings. The van der Waals surface area contributed by atoms with E-state index < -0.39 is 0 Å². The first kappa shape index (κ1) is 12.6. The highest BCUT2D eigenvalue weighted by Crippen LogP contribution is 2.12. The minimum absolute atomic E-state index is 0.00860. The fourth-order valence-electron chi connectivity index (χ4n) is 2.44. The number of nitrogens with one attached hydrogen (secondary N) is 1. The molecule has 1 aromatic rings. The van der Waals surface area contributed by atoms with Gasteiger partial charge in [0, 0.05) is 39.3 Å². The minimum Gasteiger partial charge on any atom is -0.335 e. The van der Waals surface area contributed by atoms with E-state index in [9.17, 15) is 4.79 Å². The lowest BCUT2D eigenvalue weighted by Gasteiger charge is -2.33. The summed E-state index contributed by atoms with van der Waals surface area (Å²) in [6, 6.07) is 0.353. The van der Waals surface area contributed by atoms with E-state index in [-0.39, 0.29) is 5.91 Å². The molecule has 0 bridgehead atoms. The number of likely N-dealkylation sites (N-methyl/N-ethyl adjacent to an activating group) is 1. The zero-order valence-electron chi connectivity index (χ0n) is 11.2. The zero-order chi connectivity index (χ0) is 13.2. The first-order chi connectivity index (χ1) is 9.28. The molecule has 3 rings (SSSR count). The molecule has 19 heavy (non-hydrogen) atoms. The van der Waals surface area contributed by atoms with Crippen LogP contribution in [0.15, 0.2) is 6.20 Å². The second kappa shape index (κ2) is 5.26. The Kier molecular flexibility index (Phi) is 3.48. The molecule has 0 unspecified atom stereocenters. The van der Waals surface area contributed by atoms with Crippen molar-refractivity contribution in [1.82, 2.24) is 30.1 Å². The molecule has 104 valence electrons. The number of carbonyl (C=O) groups is 1. The quantitative estimate of drug-likeness (QED) is 0.774. The summed E-state index contributed by atoms with van der Waals surface area (Å²) >= 11 is 0. The van der Waals surface area contributed by atoms with Crippen LogP contribution in [0.4, 0.5) is 0 Å². The van der Waals surface area contributed by atoms with Crippen LogP contribution < -0.4 is 5.32 Å². The Hall–Kier alpha value is -1.47. The molecule has 0 aliphatic carbocycles. The third-order valence-electron chi connectivity index (χ3n) is 3.97. The van der Waals surface area contributed by atoms with E-state index in [0.717, 1.165) is 45.8 Å². The van der Waals surface area contributed by atoms with Gasteiger partial charge < -0.3 is 15.1 Å². The van der Waals surface area contributed by atoms with Crippen LogP contribution in [0.3, 0.4) is 0 Å². The molecule has 0 atom stereocenters. The Morgan fingerprint density at radius 3 is 2.68 bits per heavy atom. The van der Waals surface area contributed by atoms with Crippen molar-refractivity contribution in [3.8, 4) is 0 Å². The molecule has 1 amide bonds. The van der Waals surface area contributed by atoms with Crippen molar-refractivity contribution < 1.29 is 4.79 Å². The van der Waals surface area contributed by atoms with Crippen molar-refractivity contribution in [2.75, 3.05) is 45.8 Å². The molecule has 7 nitrogen and oxygen atoms in total. The Balaban J connectivity index is 1.62. The summed E-state index contributed by atoms with van der Waals surface area (Å²) in [4.78, 5) is 16.5. The lowest BCUT2D eigenvalue weighted by molar-refractivity contribution is 0.0637. The van der Waals surface area contributed by atoms with Crippen molar-refractivity contribution >= 4 is 5.91 Å². The highest BCUT2D eigenvalue weighted by Gasteiger charge is 2.25. The van der Waals surface area contributed by atoms with Gasteiger partial charge in [-0.1, -0.05) is 12.1 Å². The molecular weight excluding hydrogens is 244 g/mol. The molecule has 1 N–H and O–H groups in total. The molecule has 0 radical (unpaired) electrons. The molecular formula is C12H20N6O. The number of aromatic nitrogens is 3. The average Bonchev–Trinajstić information content (AvgIpc) is 2.85. The van der Waals surface area contributed by atoms with Gasteiger partial charge in [0.05, 0.1) is 12.2 Å². The Labute approximate surface area is 112 Å². The predicted octanol–water partition coefficient (Wildman–Crippen LogP) is -0.800. The Bertz CT molecular complexity index is 447. The highest BCUT2D eigenvalue weighted by molar-refractivity contribution is 5.92. The van der Waals surface area contributed by atoms with Crippen molar-refractivity contribution in [3.05, 3.63) is 11.9 Å². The van der Waals surface area contributed by atoms with Crippen molar-refractivity contribution in [2.45, 2.75) is 13.0 Å². The lowest BCUT2D eigenvalue weighted by Crippen LogP contribution is -2.48. The van der Waals surface area contributed by atoms with Gasteiger partial charge in [0.2, 0.25) is 0 Å². The number of hydrogen-bond donors (Lipinski definition) is 1. The van der Waals surface area contributed by atoms with E-state index in [1.165, 1.54) is 0 Å². The normalized spacial score (nSPS) is 21.4. The summed E-state index contributed by atoms with van der Waals surface area (Å²) in [7, 11) is 0. The number of piperazine rings is 1. The lowest BCUT2D eigenvalue weighted by atomic mass is 10.2. The monoisotopic (exact) mass is 264 g/mol. The molecule has 0 aromatic carbocycles. The molecule has 3 heterocycles. The van der Waals surface area contributed by atoms with Crippen molar-refractivity contribution in [1.29, 1.82) is 0 Å². The first-order valence-electron chi connectivity index (χ1n) is 6.92. The molecule has 1 aromatic heterocycles. The van der Waals surface area contributed by atoms with Gasteiger partial charge in [-0.15, -0.1) is 5.10 Å². The maximum absolute atomic E-state index is 12.3. The Morgan fingerprint density at radius 2 is 2.11 bits per heavy atom. The van der Waals surface area contributed by atoms with E-state index in [4.69, 9.17) is 0 Å². The van der Waals surface area contributed by atoms with E-state index in [1.807, 2.05) is 4.90 Å². The second-order valence-corrected chi connectivity index (χ2v) is 5.12. The summed E-state index contributed by atoms with van der Waals surface area (Å²) in [5.74, 6) is 0.00860.